The molecule has 2 fully saturated rings. The van der Waals surface area contributed by atoms with Crippen LogP contribution >= 0.6 is 0 Å². The number of nitrogens with zero attached hydrogens (tertiary/aromatic N) is 1. The van der Waals surface area contributed by atoms with E-state index >= 15 is 0 Å². The molecule has 1 saturated heterocycles. The van der Waals surface area contributed by atoms with Gasteiger partial charge < -0.3 is 10.2 Å². The van der Waals surface area contributed by atoms with Crippen LogP contribution in [-0.2, 0) is 9.59 Å². The van der Waals surface area contributed by atoms with Crippen LogP contribution in [0.1, 0.15) is 59.3 Å². The van der Waals surface area contributed by atoms with Crippen LogP contribution in [0.3, 0.4) is 0 Å². The lowest BCUT2D eigenvalue weighted by Crippen LogP contribution is -2.44. The second kappa shape index (κ2) is 7.28. The van der Waals surface area contributed by atoms with E-state index in [-0.39, 0.29) is 23.8 Å². The fraction of sp³-hybridized carbons (Fsp3) is 0.882. The first-order chi connectivity index (χ1) is 9.97. The lowest BCUT2D eigenvalue weighted by Gasteiger charge is -2.35. The number of hydrogen-bond acceptors (Lipinski definition) is 2. The summed E-state index contributed by atoms with van der Waals surface area (Å²) in [4.78, 5) is 26.7. The number of piperidine rings is 1. The summed E-state index contributed by atoms with van der Waals surface area (Å²) in [7, 11) is 0. The molecule has 0 spiro atoms. The highest BCUT2D eigenvalue weighted by Gasteiger charge is 2.33. The summed E-state index contributed by atoms with van der Waals surface area (Å²) in [5, 5.41) is 2.99. The van der Waals surface area contributed by atoms with Crippen molar-refractivity contribution in [2.24, 2.45) is 17.8 Å². The van der Waals surface area contributed by atoms with Gasteiger partial charge in [0.25, 0.3) is 0 Å². The van der Waals surface area contributed by atoms with Gasteiger partial charge >= 0.3 is 0 Å². The fourth-order valence-electron chi connectivity index (χ4n) is 3.65. The highest BCUT2D eigenvalue weighted by molar-refractivity contribution is 5.81. The van der Waals surface area contributed by atoms with Gasteiger partial charge in [-0.05, 0) is 58.3 Å². The Morgan fingerprint density at radius 3 is 2.24 bits per heavy atom. The third kappa shape index (κ3) is 4.45. The maximum atomic E-state index is 12.6. The molecule has 1 saturated carbocycles. The van der Waals surface area contributed by atoms with Gasteiger partial charge in [0.2, 0.25) is 11.8 Å². The molecule has 4 nitrogen and oxygen atoms in total. The number of hydrogen-bond donors (Lipinski definition) is 1. The van der Waals surface area contributed by atoms with E-state index in [0.29, 0.717) is 11.8 Å². The molecular formula is C17H30N2O2. The van der Waals surface area contributed by atoms with Crippen molar-refractivity contribution < 1.29 is 9.59 Å². The summed E-state index contributed by atoms with van der Waals surface area (Å²) in [6.45, 7) is 8.06. The number of carbonyl (C=O) groups is 2. The Balaban J connectivity index is 1.80. The molecule has 2 rings (SSSR count). The van der Waals surface area contributed by atoms with Crippen molar-refractivity contribution in [1.82, 2.24) is 10.2 Å². The molecule has 0 aromatic rings. The molecule has 1 atom stereocenters. The van der Waals surface area contributed by atoms with Gasteiger partial charge in [-0.1, -0.05) is 6.92 Å². The fourth-order valence-corrected chi connectivity index (χ4v) is 3.65. The molecule has 1 aliphatic carbocycles. The Bertz CT molecular complexity index is 373. The molecule has 1 unspecified atom stereocenters. The minimum atomic E-state index is 0.108. The van der Waals surface area contributed by atoms with E-state index < -0.39 is 0 Å². The van der Waals surface area contributed by atoms with Crippen LogP contribution in [0.5, 0.6) is 0 Å². The molecule has 0 bridgehead atoms. The van der Waals surface area contributed by atoms with Gasteiger partial charge in [0.15, 0.2) is 0 Å². The smallest absolute Gasteiger partial charge is 0.225 e. The van der Waals surface area contributed by atoms with Gasteiger partial charge in [-0.3, -0.25) is 9.59 Å². The third-order valence-electron chi connectivity index (χ3n) is 4.85. The molecule has 2 aliphatic rings. The van der Waals surface area contributed by atoms with Crippen molar-refractivity contribution in [1.29, 1.82) is 0 Å². The summed E-state index contributed by atoms with van der Waals surface area (Å²) in [5.41, 5.74) is 0. The second-order valence-electron chi connectivity index (χ2n) is 7.24. The molecule has 0 radical (unpaired) electrons. The molecule has 1 N–H and O–H groups in total. The summed E-state index contributed by atoms with van der Waals surface area (Å²) in [6, 6.07) is 0.201. The van der Waals surface area contributed by atoms with Crippen molar-refractivity contribution in [3.8, 4) is 0 Å². The molecule has 0 aromatic carbocycles. The average molecular weight is 294 g/mol. The number of nitrogens with one attached hydrogen (secondary N) is 1. The Kier molecular flexibility index (Phi) is 5.65. The average Bonchev–Trinajstić information content (AvgIpc) is 2.46. The topological polar surface area (TPSA) is 49.4 Å². The van der Waals surface area contributed by atoms with E-state index in [1.165, 1.54) is 6.42 Å². The Hall–Kier alpha value is -1.06. The number of carbonyl (C=O) groups excluding carboxylic acids is 2. The summed E-state index contributed by atoms with van der Waals surface area (Å²) >= 11 is 0. The van der Waals surface area contributed by atoms with Crippen LogP contribution in [0.2, 0.25) is 0 Å². The maximum Gasteiger partial charge on any atom is 0.225 e. The molecule has 120 valence electrons. The maximum absolute atomic E-state index is 12.6. The van der Waals surface area contributed by atoms with Crippen molar-refractivity contribution in [3.63, 3.8) is 0 Å². The SMILES string of the molecule is CC1CCCN(C(=O)C2CCC(C(=O)NC(C)C)CC2)C1. The van der Waals surface area contributed by atoms with Gasteiger partial charge in [-0.25, -0.2) is 0 Å². The van der Waals surface area contributed by atoms with Gasteiger partial charge in [-0.2, -0.15) is 0 Å². The Morgan fingerprint density at radius 1 is 1.05 bits per heavy atom. The number of amides is 2. The normalized spacial score (nSPS) is 30.3. The van der Waals surface area contributed by atoms with Gasteiger partial charge in [0.1, 0.15) is 0 Å². The minimum absolute atomic E-state index is 0.108. The largest absolute Gasteiger partial charge is 0.354 e. The van der Waals surface area contributed by atoms with Gasteiger partial charge in [0, 0.05) is 31.0 Å². The molecule has 21 heavy (non-hydrogen) atoms. The molecule has 2 amide bonds. The molecule has 1 aliphatic heterocycles. The van der Waals surface area contributed by atoms with Crippen molar-refractivity contribution >= 4 is 11.8 Å². The summed E-state index contributed by atoms with van der Waals surface area (Å²) in [6.07, 6.45) is 5.85. The predicted molar refractivity (Wildman–Crippen MR) is 83.7 cm³/mol. The lowest BCUT2D eigenvalue weighted by molar-refractivity contribution is -0.140. The van der Waals surface area contributed by atoms with Crippen molar-refractivity contribution in [2.45, 2.75) is 65.3 Å². The first-order valence-corrected chi connectivity index (χ1v) is 8.56. The first kappa shape index (κ1) is 16.3. The minimum Gasteiger partial charge on any atom is -0.354 e. The summed E-state index contributed by atoms with van der Waals surface area (Å²) < 4.78 is 0. The third-order valence-corrected chi connectivity index (χ3v) is 4.85. The molecular weight excluding hydrogens is 264 g/mol. The number of rotatable bonds is 3. The highest BCUT2D eigenvalue weighted by atomic mass is 16.2. The van der Waals surface area contributed by atoms with Crippen LogP contribution in [0.25, 0.3) is 0 Å². The molecule has 1 heterocycles. The van der Waals surface area contributed by atoms with E-state index in [9.17, 15) is 9.59 Å². The summed E-state index contributed by atoms with van der Waals surface area (Å²) in [5.74, 6) is 1.40. The monoisotopic (exact) mass is 294 g/mol. The lowest BCUT2D eigenvalue weighted by atomic mass is 9.80. The van der Waals surface area contributed by atoms with E-state index in [2.05, 4.69) is 17.1 Å². The van der Waals surface area contributed by atoms with E-state index in [4.69, 9.17) is 0 Å². The Labute approximate surface area is 128 Å². The van der Waals surface area contributed by atoms with Gasteiger partial charge in [-0.15, -0.1) is 0 Å². The zero-order valence-corrected chi connectivity index (χ0v) is 13.7. The van der Waals surface area contributed by atoms with E-state index in [1.54, 1.807) is 0 Å². The molecule has 4 heteroatoms. The highest BCUT2D eigenvalue weighted by Crippen LogP contribution is 2.31. The Morgan fingerprint density at radius 2 is 1.67 bits per heavy atom. The standard InChI is InChI=1S/C17H30N2O2/c1-12(2)18-16(20)14-6-8-15(9-7-14)17(21)19-10-4-5-13(3)11-19/h12-15H,4-11H2,1-3H3,(H,18,20). The second-order valence-corrected chi connectivity index (χ2v) is 7.24. The predicted octanol–water partition coefficient (Wildman–Crippen LogP) is 2.58. The van der Waals surface area contributed by atoms with Crippen LogP contribution in [0.4, 0.5) is 0 Å². The van der Waals surface area contributed by atoms with Crippen molar-refractivity contribution in [3.05, 3.63) is 0 Å². The van der Waals surface area contributed by atoms with Crippen LogP contribution in [0, 0.1) is 17.8 Å². The van der Waals surface area contributed by atoms with Crippen LogP contribution in [0.15, 0.2) is 0 Å². The van der Waals surface area contributed by atoms with Crippen LogP contribution < -0.4 is 5.32 Å². The van der Waals surface area contributed by atoms with Gasteiger partial charge in [0.05, 0.1) is 0 Å². The first-order valence-electron chi connectivity index (χ1n) is 8.56. The van der Waals surface area contributed by atoms with E-state index in [0.717, 1.165) is 45.2 Å². The van der Waals surface area contributed by atoms with E-state index in [1.807, 2.05) is 13.8 Å². The van der Waals surface area contributed by atoms with Crippen LogP contribution in [-0.4, -0.2) is 35.8 Å². The zero-order chi connectivity index (χ0) is 15.4. The quantitative estimate of drug-likeness (QED) is 0.869. The zero-order valence-electron chi connectivity index (χ0n) is 13.7. The number of likely N-dealkylation sites (tertiary alicyclic amines) is 1. The van der Waals surface area contributed by atoms with Crippen molar-refractivity contribution in [2.75, 3.05) is 13.1 Å². The molecule has 0 aromatic heterocycles.